The van der Waals surface area contributed by atoms with E-state index in [1.54, 1.807) is 30.1 Å². The van der Waals surface area contributed by atoms with Crippen LogP contribution in [0.3, 0.4) is 0 Å². The van der Waals surface area contributed by atoms with Gasteiger partial charge in [0.15, 0.2) is 23.3 Å². The van der Waals surface area contributed by atoms with Crippen molar-refractivity contribution in [3.63, 3.8) is 0 Å². The van der Waals surface area contributed by atoms with Crippen molar-refractivity contribution < 1.29 is 22.4 Å². The highest BCUT2D eigenvalue weighted by Crippen LogP contribution is 2.35. The Hall–Kier alpha value is -4.13. The molecule has 0 radical (unpaired) electrons. The molecular formula is C28H31F3N8O2. The minimum absolute atomic E-state index is 0.0790. The smallest absolute Gasteiger partial charge is 0.401 e. The van der Waals surface area contributed by atoms with Crippen LogP contribution in [0.15, 0.2) is 47.5 Å². The molecule has 0 saturated carbocycles. The largest absolute Gasteiger partial charge is 0.448 e. The van der Waals surface area contributed by atoms with Gasteiger partial charge in [-0.1, -0.05) is 32.9 Å². The average Bonchev–Trinajstić information content (AvgIpc) is 3.52. The Labute approximate surface area is 235 Å². The number of anilines is 2. The number of fused-ring (bicyclic) bond motifs is 1. The van der Waals surface area contributed by atoms with Crippen molar-refractivity contribution in [3.8, 4) is 11.4 Å². The fraction of sp³-hybridized carbons (Fsp3) is 0.429. The highest BCUT2D eigenvalue weighted by molar-refractivity contribution is 5.94. The van der Waals surface area contributed by atoms with Gasteiger partial charge in [-0.3, -0.25) is 14.4 Å². The first-order chi connectivity index (χ1) is 19.3. The molecule has 4 heterocycles. The fourth-order valence-electron chi connectivity index (χ4n) is 4.86. The third-order valence-corrected chi connectivity index (χ3v) is 6.82. The highest BCUT2D eigenvalue weighted by Gasteiger charge is 2.34. The maximum absolute atomic E-state index is 13.4. The summed E-state index contributed by atoms with van der Waals surface area (Å²) in [6.45, 7) is 5.04. The lowest BCUT2D eigenvalue weighted by atomic mass is 9.87. The summed E-state index contributed by atoms with van der Waals surface area (Å²) in [4.78, 5) is 31.9. The van der Waals surface area contributed by atoms with Crippen molar-refractivity contribution in [1.82, 2.24) is 34.6 Å². The standard InChI is InChI=1S/C28H31F3N8O2/c1-27(2,3)25-34-21(14-41-25)22(40)12-17-7-10-39(15-28(29,30)31)13-19-11-18(5-6-20(17)19)24-32-16-33-26(36-24)35-23-8-9-38(4)37-23/h5-6,8-9,11,14,16-17H,7,10,12-13,15H2,1-4H3,(H,32,33,35,36,37)/t17-/m0/s1. The zero-order chi connectivity index (χ0) is 29.4. The molecule has 1 aromatic carbocycles. The number of aryl methyl sites for hydroxylation is 1. The molecule has 4 aromatic rings. The van der Waals surface area contributed by atoms with Crippen LogP contribution < -0.4 is 5.32 Å². The number of Topliss-reactive ketones (excluding diaryl/α,β-unsaturated/α-hetero) is 1. The van der Waals surface area contributed by atoms with Gasteiger partial charge in [0.25, 0.3) is 0 Å². The Kier molecular flexibility index (Phi) is 7.64. The molecule has 0 amide bonds. The molecule has 0 aliphatic carbocycles. The van der Waals surface area contributed by atoms with Crippen molar-refractivity contribution in [2.45, 2.75) is 57.7 Å². The molecule has 0 bridgehead atoms. The van der Waals surface area contributed by atoms with E-state index >= 15 is 0 Å². The third kappa shape index (κ3) is 6.96. The van der Waals surface area contributed by atoms with Gasteiger partial charge in [-0.15, -0.1) is 0 Å². The predicted octanol–water partition coefficient (Wildman–Crippen LogP) is 5.43. The first kappa shape index (κ1) is 28.4. The van der Waals surface area contributed by atoms with Crippen LogP contribution in [-0.4, -0.2) is 59.7 Å². The van der Waals surface area contributed by atoms with E-state index < -0.39 is 12.7 Å². The van der Waals surface area contributed by atoms with Crippen molar-refractivity contribution in [3.05, 3.63) is 65.8 Å². The van der Waals surface area contributed by atoms with Gasteiger partial charge in [0.05, 0.1) is 6.54 Å². The van der Waals surface area contributed by atoms with Crippen LogP contribution in [0, 0.1) is 0 Å². The Bertz CT molecular complexity index is 1540. The van der Waals surface area contributed by atoms with E-state index in [1.165, 1.54) is 17.5 Å². The molecule has 13 heteroatoms. The number of oxazole rings is 1. The minimum Gasteiger partial charge on any atom is -0.448 e. The lowest BCUT2D eigenvalue weighted by Gasteiger charge is -2.22. The molecule has 41 heavy (non-hydrogen) atoms. The monoisotopic (exact) mass is 568 g/mol. The minimum atomic E-state index is -4.35. The zero-order valence-electron chi connectivity index (χ0n) is 23.2. The summed E-state index contributed by atoms with van der Waals surface area (Å²) in [7, 11) is 1.79. The number of carbonyl (C=O) groups is 1. The molecule has 0 unspecified atom stereocenters. The fourth-order valence-corrected chi connectivity index (χ4v) is 4.86. The molecule has 216 valence electrons. The number of nitrogens with one attached hydrogen (secondary N) is 1. The second-order valence-corrected chi connectivity index (χ2v) is 11.3. The zero-order valence-corrected chi connectivity index (χ0v) is 23.2. The van der Waals surface area contributed by atoms with E-state index in [-0.39, 0.29) is 48.3 Å². The molecule has 1 aliphatic rings. The highest BCUT2D eigenvalue weighted by atomic mass is 19.4. The Balaban J connectivity index is 1.43. The van der Waals surface area contributed by atoms with Gasteiger partial charge in [-0.25, -0.2) is 15.0 Å². The quantitative estimate of drug-likeness (QED) is 0.292. The van der Waals surface area contributed by atoms with Gasteiger partial charge >= 0.3 is 6.18 Å². The molecule has 5 rings (SSSR count). The first-order valence-electron chi connectivity index (χ1n) is 13.2. The van der Waals surface area contributed by atoms with Crippen molar-refractivity contribution in [2.24, 2.45) is 7.05 Å². The summed E-state index contributed by atoms with van der Waals surface area (Å²) in [5, 5.41) is 7.27. The summed E-state index contributed by atoms with van der Waals surface area (Å²) in [6.07, 6.45) is 0.639. The summed E-state index contributed by atoms with van der Waals surface area (Å²) >= 11 is 0. The second kappa shape index (κ2) is 11.0. The van der Waals surface area contributed by atoms with Crippen molar-refractivity contribution in [1.29, 1.82) is 0 Å². The Morgan fingerprint density at radius 1 is 1.15 bits per heavy atom. The maximum atomic E-state index is 13.4. The van der Waals surface area contributed by atoms with E-state index in [9.17, 15) is 18.0 Å². The summed E-state index contributed by atoms with van der Waals surface area (Å²) < 4.78 is 47.3. The number of nitrogens with zero attached hydrogens (tertiary/aromatic N) is 7. The molecule has 3 aromatic heterocycles. The van der Waals surface area contributed by atoms with Gasteiger partial charge in [-0.2, -0.15) is 23.3 Å². The van der Waals surface area contributed by atoms with Crippen LogP contribution in [0.2, 0.25) is 0 Å². The van der Waals surface area contributed by atoms with Crippen molar-refractivity contribution >= 4 is 17.5 Å². The normalized spacial score (nSPS) is 16.3. The number of hydrogen-bond donors (Lipinski definition) is 1. The van der Waals surface area contributed by atoms with Gasteiger partial charge < -0.3 is 9.73 Å². The van der Waals surface area contributed by atoms with E-state index in [0.29, 0.717) is 35.1 Å². The summed E-state index contributed by atoms with van der Waals surface area (Å²) in [5.74, 6) is 1.15. The van der Waals surface area contributed by atoms with Gasteiger partial charge in [0.1, 0.15) is 18.3 Å². The third-order valence-electron chi connectivity index (χ3n) is 6.82. The number of ketones is 1. The van der Waals surface area contributed by atoms with E-state index in [2.05, 4.69) is 30.4 Å². The molecule has 1 atom stereocenters. The van der Waals surface area contributed by atoms with Crippen LogP contribution in [0.1, 0.15) is 67.0 Å². The molecule has 10 nitrogen and oxygen atoms in total. The SMILES string of the molecule is Cn1ccc(Nc2ncnc(-c3ccc4c(c3)CN(CC(F)(F)F)CC[C@H]4CC(=O)c3coc(C(C)(C)C)n3)n2)n1. The number of alkyl halides is 3. The Morgan fingerprint density at radius 3 is 2.63 bits per heavy atom. The number of aromatic nitrogens is 6. The first-order valence-corrected chi connectivity index (χ1v) is 13.2. The second-order valence-electron chi connectivity index (χ2n) is 11.3. The van der Waals surface area contributed by atoms with Gasteiger partial charge in [0, 0.05) is 43.3 Å². The van der Waals surface area contributed by atoms with Gasteiger partial charge in [0.2, 0.25) is 5.95 Å². The summed E-state index contributed by atoms with van der Waals surface area (Å²) in [6, 6.07) is 7.25. The van der Waals surface area contributed by atoms with Gasteiger partial charge in [-0.05, 0) is 36.1 Å². The molecular weight excluding hydrogens is 537 g/mol. The molecule has 1 aliphatic heterocycles. The predicted molar refractivity (Wildman–Crippen MR) is 145 cm³/mol. The van der Waals surface area contributed by atoms with Crippen LogP contribution >= 0.6 is 0 Å². The maximum Gasteiger partial charge on any atom is 0.401 e. The van der Waals surface area contributed by atoms with Crippen LogP contribution in [0.4, 0.5) is 24.9 Å². The molecule has 0 fully saturated rings. The molecule has 0 spiro atoms. The van der Waals surface area contributed by atoms with Crippen LogP contribution in [-0.2, 0) is 19.0 Å². The number of rotatable bonds is 7. The average molecular weight is 569 g/mol. The Morgan fingerprint density at radius 2 is 1.95 bits per heavy atom. The topological polar surface area (TPSA) is 115 Å². The summed E-state index contributed by atoms with van der Waals surface area (Å²) in [5.41, 5.74) is 2.01. The number of benzene rings is 1. The molecule has 1 N–H and O–H groups in total. The van der Waals surface area contributed by atoms with E-state index in [1.807, 2.05) is 32.9 Å². The van der Waals surface area contributed by atoms with Crippen LogP contribution in [0.5, 0.6) is 0 Å². The lowest BCUT2D eigenvalue weighted by Crippen LogP contribution is -2.34. The number of halogens is 3. The van der Waals surface area contributed by atoms with Crippen LogP contribution in [0.25, 0.3) is 11.4 Å². The van der Waals surface area contributed by atoms with E-state index in [0.717, 1.165) is 5.56 Å². The van der Waals surface area contributed by atoms with E-state index in [4.69, 9.17) is 4.42 Å². The number of hydrogen-bond acceptors (Lipinski definition) is 9. The molecule has 0 saturated heterocycles. The van der Waals surface area contributed by atoms with Crippen molar-refractivity contribution in [2.75, 3.05) is 18.4 Å². The number of carbonyl (C=O) groups excluding carboxylic acids is 1. The lowest BCUT2D eigenvalue weighted by molar-refractivity contribution is -0.147.